The fourth-order valence-electron chi connectivity index (χ4n) is 2.93. The van der Waals surface area contributed by atoms with Crippen LogP contribution in [-0.4, -0.2) is 18.7 Å². The lowest BCUT2D eigenvalue weighted by Crippen LogP contribution is -2.45. The highest BCUT2D eigenvalue weighted by Crippen LogP contribution is 2.24. The van der Waals surface area contributed by atoms with Crippen molar-refractivity contribution in [2.45, 2.75) is 64.5 Å². The van der Waals surface area contributed by atoms with Crippen LogP contribution < -0.4 is 10.1 Å². The molecule has 1 aromatic carbocycles. The average molecular weight is 261 g/mol. The molecule has 1 fully saturated rings. The summed E-state index contributed by atoms with van der Waals surface area (Å²) in [5, 5.41) is 3.56. The van der Waals surface area contributed by atoms with E-state index in [-0.39, 0.29) is 0 Å². The van der Waals surface area contributed by atoms with Gasteiger partial charge in [0.25, 0.3) is 0 Å². The summed E-state index contributed by atoms with van der Waals surface area (Å²) in [6.45, 7) is 5.42. The predicted molar refractivity (Wildman–Crippen MR) is 80.8 cm³/mol. The lowest BCUT2D eigenvalue weighted by atomic mass is 9.92. The Labute approximate surface area is 117 Å². The molecule has 0 heterocycles. The third-order valence-corrected chi connectivity index (χ3v) is 3.92. The van der Waals surface area contributed by atoms with E-state index < -0.39 is 0 Å². The summed E-state index contributed by atoms with van der Waals surface area (Å²) in [6, 6.07) is 9.17. The van der Waals surface area contributed by atoms with Crippen LogP contribution in [0.1, 0.15) is 51.5 Å². The maximum absolute atomic E-state index is 6.19. The molecule has 0 spiro atoms. The minimum atomic E-state index is 0.339. The monoisotopic (exact) mass is 261 g/mol. The molecule has 2 rings (SSSR count). The number of rotatable bonds is 6. The smallest absolute Gasteiger partial charge is 0.119 e. The van der Waals surface area contributed by atoms with Gasteiger partial charge in [0.15, 0.2) is 0 Å². The molecule has 1 aromatic rings. The molecule has 1 N–H and O–H groups in total. The minimum absolute atomic E-state index is 0.339. The molecule has 106 valence electrons. The summed E-state index contributed by atoms with van der Waals surface area (Å²) in [5.74, 6) is 1.02. The molecule has 2 unspecified atom stereocenters. The first kappa shape index (κ1) is 14.4. The highest BCUT2D eigenvalue weighted by Gasteiger charge is 2.25. The minimum Gasteiger partial charge on any atom is -0.489 e. The van der Waals surface area contributed by atoms with E-state index in [1.165, 1.54) is 37.7 Å². The van der Waals surface area contributed by atoms with Gasteiger partial charge in [-0.15, -0.1) is 0 Å². The molecule has 1 aliphatic rings. The Morgan fingerprint density at radius 2 is 1.84 bits per heavy atom. The first-order valence-electron chi connectivity index (χ1n) is 7.82. The van der Waals surface area contributed by atoms with Crippen LogP contribution in [0.25, 0.3) is 0 Å². The Morgan fingerprint density at radius 1 is 1.11 bits per heavy atom. The Kier molecular flexibility index (Phi) is 5.71. The van der Waals surface area contributed by atoms with Gasteiger partial charge in [-0.25, -0.2) is 0 Å². The van der Waals surface area contributed by atoms with Crippen molar-refractivity contribution in [1.82, 2.24) is 5.32 Å². The van der Waals surface area contributed by atoms with Gasteiger partial charge in [0.1, 0.15) is 11.9 Å². The molecule has 0 bridgehead atoms. The van der Waals surface area contributed by atoms with Crippen molar-refractivity contribution in [2.24, 2.45) is 0 Å². The van der Waals surface area contributed by atoms with Gasteiger partial charge in [0, 0.05) is 6.04 Å². The maximum atomic E-state index is 6.19. The molecule has 1 saturated carbocycles. The van der Waals surface area contributed by atoms with Crippen LogP contribution in [0.2, 0.25) is 0 Å². The first-order valence-corrected chi connectivity index (χ1v) is 7.82. The summed E-state index contributed by atoms with van der Waals surface area (Å²) in [5.41, 5.74) is 1.40. The van der Waals surface area contributed by atoms with Gasteiger partial charge in [0.05, 0.1) is 0 Å². The van der Waals surface area contributed by atoms with Crippen LogP contribution in [0.5, 0.6) is 5.75 Å². The van der Waals surface area contributed by atoms with Crippen molar-refractivity contribution in [3.8, 4) is 5.75 Å². The number of nitrogens with one attached hydrogen (secondary N) is 1. The third-order valence-electron chi connectivity index (χ3n) is 3.92. The van der Waals surface area contributed by atoms with E-state index in [9.17, 15) is 0 Å². The van der Waals surface area contributed by atoms with Gasteiger partial charge < -0.3 is 10.1 Å². The Hall–Kier alpha value is -1.02. The molecule has 0 aromatic heterocycles. The number of benzene rings is 1. The van der Waals surface area contributed by atoms with Crippen molar-refractivity contribution in [1.29, 1.82) is 0 Å². The maximum Gasteiger partial charge on any atom is 0.119 e. The van der Waals surface area contributed by atoms with Crippen molar-refractivity contribution in [3.63, 3.8) is 0 Å². The molecule has 0 aliphatic heterocycles. The molecule has 0 saturated heterocycles. The molecular weight excluding hydrogens is 234 g/mol. The van der Waals surface area contributed by atoms with Crippen LogP contribution in [0.15, 0.2) is 24.3 Å². The molecular formula is C17H27NO. The molecule has 19 heavy (non-hydrogen) atoms. The van der Waals surface area contributed by atoms with Crippen LogP contribution in [0, 0.1) is 0 Å². The Balaban J connectivity index is 1.94. The van der Waals surface area contributed by atoms with Crippen molar-refractivity contribution in [2.75, 3.05) is 6.54 Å². The van der Waals surface area contributed by atoms with E-state index >= 15 is 0 Å². The summed E-state index contributed by atoms with van der Waals surface area (Å²) >= 11 is 0. The topological polar surface area (TPSA) is 21.3 Å². The molecule has 0 radical (unpaired) electrons. The zero-order chi connectivity index (χ0) is 13.5. The fourth-order valence-corrected chi connectivity index (χ4v) is 2.93. The van der Waals surface area contributed by atoms with Crippen molar-refractivity contribution >= 4 is 0 Å². The van der Waals surface area contributed by atoms with E-state index in [2.05, 4.69) is 43.4 Å². The Bertz CT molecular complexity index is 358. The molecule has 0 amide bonds. The third kappa shape index (κ3) is 4.24. The van der Waals surface area contributed by atoms with Crippen molar-refractivity contribution in [3.05, 3.63) is 29.8 Å². The van der Waals surface area contributed by atoms with E-state index in [1.807, 2.05) is 0 Å². The lowest BCUT2D eigenvalue weighted by molar-refractivity contribution is 0.115. The summed E-state index contributed by atoms with van der Waals surface area (Å²) in [6.07, 6.45) is 7.73. The zero-order valence-corrected chi connectivity index (χ0v) is 12.3. The predicted octanol–water partition coefficient (Wildman–Crippen LogP) is 3.94. The summed E-state index contributed by atoms with van der Waals surface area (Å²) < 4.78 is 6.19. The van der Waals surface area contributed by atoms with E-state index in [0.29, 0.717) is 12.1 Å². The van der Waals surface area contributed by atoms with E-state index in [4.69, 9.17) is 4.74 Å². The highest BCUT2D eigenvalue weighted by molar-refractivity contribution is 5.27. The van der Waals surface area contributed by atoms with Gasteiger partial charge >= 0.3 is 0 Å². The van der Waals surface area contributed by atoms with Gasteiger partial charge in [-0.05, 0) is 49.9 Å². The fraction of sp³-hybridized carbons (Fsp3) is 0.647. The van der Waals surface area contributed by atoms with E-state index in [0.717, 1.165) is 18.7 Å². The average Bonchev–Trinajstić information content (AvgIpc) is 2.44. The standard InChI is InChI=1S/C17H27NO/c1-3-7-14-10-12-15(13-11-14)19-17-9-6-5-8-16(17)18-4-2/h10-13,16-18H,3-9H2,1-2H3. The quantitative estimate of drug-likeness (QED) is 0.837. The van der Waals surface area contributed by atoms with Crippen LogP contribution >= 0.6 is 0 Å². The summed E-state index contributed by atoms with van der Waals surface area (Å²) in [7, 11) is 0. The van der Waals surface area contributed by atoms with Gasteiger partial charge in [0.2, 0.25) is 0 Å². The number of likely N-dealkylation sites (N-methyl/N-ethyl adjacent to an activating group) is 1. The normalized spacial score (nSPS) is 23.3. The van der Waals surface area contributed by atoms with Gasteiger partial charge in [-0.1, -0.05) is 38.8 Å². The number of hydrogen-bond donors (Lipinski definition) is 1. The van der Waals surface area contributed by atoms with Gasteiger partial charge in [-0.2, -0.15) is 0 Å². The summed E-state index contributed by atoms with van der Waals surface area (Å²) in [4.78, 5) is 0. The molecule has 1 aliphatic carbocycles. The van der Waals surface area contributed by atoms with Crippen LogP contribution in [-0.2, 0) is 6.42 Å². The molecule has 2 atom stereocenters. The van der Waals surface area contributed by atoms with Gasteiger partial charge in [-0.3, -0.25) is 0 Å². The second kappa shape index (κ2) is 7.54. The van der Waals surface area contributed by atoms with Crippen molar-refractivity contribution < 1.29 is 4.74 Å². The first-order chi connectivity index (χ1) is 9.33. The van der Waals surface area contributed by atoms with Crippen LogP contribution in [0.4, 0.5) is 0 Å². The Morgan fingerprint density at radius 3 is 2.53 bits per heavy atom. The number of ether oxygens (including phenoxy) is 1. The number of hydrogen-bond acceptors (Lipinski definition) is 2. The highest BCUT2D eigenvalue weighted by atomic mass is 16.5. The largest absolute Gasteiger partial charge is 0.489 e. The lowest BCUT2D eigenvalue weighted by Gasteiger charge is -2.32. The second-order valence-corrected chi connectivity index (χ2v) is 5.50. The molecule has 2 heteroatoms. The zero-order valence-electron chi connectivity index (χ0n) is 12.3. The van der Waals surface area contributed by atoms with Crippen LogP contribution in [0.3, 0.4) is 0 Å². The van der Waals surface area contributed by atoms with E-state index in [1.54, 1.807) is 0 Å². The molecule has 2 nitrogen and oxygen atoms in total. The SMILES string of the molecule is CCCc1ccc(OC2CCCCC2NCC)cc1. The number of aryl methyl sites for hydroxylation is 1. The second-order valence-electron chi connectivity index (χ2n) is 5.50.